The van der Waals surface area contributed by atoms with Crippen molar-refractivity contribution in [2.45, 2.75) is 43.9 Å². The Labute approximate surface area is 109 Å². The van der Waals surface area contributed by atoms with Crippen LogP contribution in [0.25, 0.3) is 0 Å². The van der Waals surface area contributed by atoms with Crippen molar-refractivity contribution in [3.63, 3.8) is 0 Å². The van der Waals surface area contributed by atoms with Crippen LogP contribution in [-0.2, 0) is 6.18 Å². The molecule has 1 saturated carbocycles. The summed E-state index contributed by atoms with van der Waals surface area (Å²) in [5.74, 6) is 0.543. The van der Waals surface area contributed by atoms with Crippen LogP contribution in [0.5, 0.6) is 5.75 Å². The van der Waals surface area contributed by atoms with Crippen LogP contribution in [0.15, 0.2) is 18.2 Å². The first-order valence-electron chi connectivity index (χ1n) is 6.63. The van der Waals surface area contributed by atoms with Gasteiger partial charge >= 0.3 is 6.18 Å². The van der Waals surface area contributed by atoms with Crippen molar-refractivity contribution in [2.24, 2.45) is 0 Å². The number of anilines is 1. The molecule has 1 fully saturated rings. The van der Waals surface area contributed by atoms with Crippen molar-refractivity contribution >= 4 is 5.69 Å². The van der Waals surface area contributed by atoms with E-state index in [0.29, 0.717) is 18.0 Å². The number of benzene rings is 1. The van der Waals surface area contributed by atoms with Crippen LogP contribution in [0.1, 0.15) is 37.7 Å². The molecule has 19 heavy (non-hydrogen) atoms. The van der Waals surface area contributed by atoms with E-state index in [1.807, 2.05) is 0 Å². The largest absolute Gasteiger partial charge is 0.483 e. The first-order valence-corrected chi connectivity index (χ1v) is 6.63. The van der Waals surface area contributed by atoms with Gasteiger partial charge in [0.15, 0.2) is 0 Å². The summed E-state index contributed by atoms with van der Waals surface area (Å²) in [6, 6.07) is 3.65. The second-order valence-electron chi connectivity index (χ2n) is 5.41. The fourth-order valence-corrected chi connectivity index (χ4v) is 2.93. The van der Waals surface area contributed by atoms with Crippen LogP contribution in [0.2, 0.25) is 0 Å². The summed E-state index contributed by atoms with van der Waals surface area (Å²) in [6.07, 6.45) is 1.10. The minimum atomic E-state index is -4.31. The minimum Gasteiger partial charge on any atom is -0.483 e. The zero-order valence-electron chi connectivity index (χ0n) is 10.5. The maximum atomic E-state index is 12.6. The zero-order valence-corrected chi connectivity index (χ0v) is 10.5. The zero-order chi connectivity index (χ0) is 13.5. The third-order valence-electron chi connectivity index (χ3n) is 4.00. The van der Waals surface area contributed by atoms with Gasteiger partial charge in [-0.15, -0.1) is 0 Å². The number of rotatable bonds is 0. The van der Waals surface area contributed by atoms with E-state index < -0.39 is 11.7 Å². The monoisotopic (exact) mass is 271 g/mol. The van der Waals surface area contributed by atoms with Crippen LogP contribution < -0.4 is 10.1 Å². The van der Waals surface area contributed by atoms with E-state index in [0.717, 1.165) is 37.8 Å². The van der Waals surface area contributed by atoms with Crippen molar-refractivity contribution in [3.8, 4) is 5.75 Å². The number of nitrogens with one attached hydrogen (secondary N) is 1. The third-order valence-corrected chi connectivity index (χ3v) is 4.00. The molecule has 0 aromatic heterocycles. The van der Waals surface area contributed by atoms with Gasteiger partial charge in [-0.25, -0.2) is 0 Å². The van der Waals surface area contributed by atoms with Crippen LogP contribution in [0.3, 0.4) is 0 Å². The van der Waals surface area contributed by atoms with E-state index in [1.54, 1.807) is 0 Å². The molecule has 104 valence electrons. The van der Waals surface area contributed by atoms with Crippen molar-refractivity contribution in [1.29, 1.82) is 0 Å². The van der Waals surface area contributed by atoms with Crippen LogP contribution in [-0.4, -0.2) is 12.1 Å². The van der Waals surface area contributed by atoms with E-state index >= 15 is 0 Å². The molecule has 1 heterocycles. The van der Waals surface area contributed by atoms with E-state index in [-0.39, 0.29) is 5.60 Å². The standard InChI is InChI=1S/C14H16F3NO/c15-14(16,17)10-4-5-12-11(8-10)18-9-13(19-12)6-2-1-3-7-13/h4-5,8,18H,1-3,6-7,9H2. The Morgan fingerprint density at radius 2 is 1.84 bits per heavy atom. The number of fused-ring (bicyclic) bond motifs is 1. The Morgan fingerprint density at radius 1 is 1.11 bits per heavy atom. The predicted molar refractivity (Wildman–Crippen MR) is 66.4 cm³/mol. The summed E-state index contributed by atoms with van der Waals surface area (Å²) < 4.78 is 43.9. The molecule has 1 aromatic rings. The number of hydrogen-bond acceptors (Lipinski definition) is 2. The second kappa shape index (κ2) is 4.32. The normalized spacial score (nSPS) is 21.4. The Hall–Kier alpha value is -1.39. The van der Waals surface area contributed by atoms with E-state index in [1.165, 1.54) is 12.5 Å². The maximum Gasteiger partial charge on any atom is 0.416 e. The Kier molecular flexibility index (Phi) is 2.87. The highest BCUT2D eigenvalue weighted by Crippen LogP contribution is 2.42. The lowest BCUT2D eigenvalue weighted by molar-refractivity contribution is -0.137. The summed E-state index contributed by atoms with van der Waals surface area (Å²) in [7, 11) is 0. The van der Waals surface area contributed by atoms with E-state index in [2.05, 4.69) is 5.32 Å². The van der Waals surface area contributed by atoms with Crippen molar-refractivity contribution in [1.82, 2.24) is 0 Å². The molecule has 0 saturated heterocycles. The van der Waals surface area contributed by atoms with Gasteiger partial charge in [-0.05, 0) is 43.9 Å². The fraction of sp³-hybridized carbons (Fsp3) is 0.571. The summed E-state index contributed by atoms with van der Waals surface area (Å²) in [5, 5.41) is 3.11. The van der Waals surface area contributed by atoms with Gasteiger partial charge in [0.05, 0.1) is 17.8 Å². The Morgan fingerprint density at radius 3 is 2.53 bits per heavy atom. The number of alkyl halides is 3. The molecule has 1 aliphatic heterocycles. The maximum absolute atomic E-state index is 12.6. The average Bonchev–Trinajstić information content (AvgIpc) is 2.38. The van der Waals surface area contributed by atoms with Crippen LogP contribution >= 0.6 is 0 Å². The number of halogens is 3. The van der Waals surface area contributed by atoms with Gasteiger partial charge in [-0.2, -0.15) is 13.2 Å². The molecule has 0 bridgehead atoms. The van der Waals surface area contributed by atoms with Gasteiger partial charge in [0, 0.05) is 0 Å². The molecule has 2 aliphatic rings. The molecule has 3 rings (SSSR count). The topological polar surface area (TPSA) is 21.3 Å². The number of ether oxygens (including phenoxy) is 1. The lowest BCUT2D eigenvalue weighted by Gasteiger charge is -2.42. The molecule has 1 spiro atoms. The number of hydrogen-bond donors (Lipinski definition) is 1. The molecule has 2 nitrogen and oxygen atoms in total. The van der Waals surface area contributed by atoms with E-state index in [9.17, 15) is 13.2 Å². The molecular weight excluding hydrogens is 255 g/mol. The minimum absolute atomic E-state index is 0.217. The second-order valence-corrected chi connectivity index (χ2v) is 5.41. The summed E-state index contributed by atoms with van der Waals surface area (Å²) >= 11 is 0. The molecular formula is C14H16F3NO. The molecule has 1 N–H and O–H groups in total. The fourth-order valence-electron chi connectivity index (χ4n) is 2.93. The van der Waals surface area contributed by atoms with Gasteiger partial charge in [0.25, 0.3) is 0 Å². The van der Waals surface area contributed by atoms with Crippen molar-refractivity contribution in [2.75, 3.05) is 11.9 Å². The van der Waals surface area contributed by atoms with E-state index in [4.69, 9.17) is 4.74 Å². The average molecular weight is 271 g/mol. The Balaban J connectivity index is 1.86. The molecule has 0 atom stereocenters. The molecule has 0 unspecified atom stereocenters. The smallest absolute Gasteiger partial charge is 0.416 e. The van der Waals surface area contributed by atoms with Gasteiger partial charge < -0.3 is 10.1 Å². The summed E-state index contributed by atoms with van der Waals surface area (Å²) in [5.41, 5.74) is -0.404. The van der Waals surface area contributed by atoms with Gasteiger partial charge in [0.1, 0.15) is 11.4 Å². The first-order chi connectivity index (χ1) is 8.99. The van der Waals surface area contributed by atoms with Gasteiger partial charge in [0.2, 0.25) is 0 Å². The SMILES string of the molecule is FC(F)(F)c1ccc2c(c1)NCC1(CCCCC1)O2. The van der Waals surface area contributed by atoms with Crippen molar-refractivity contribution < 1.29 is 17.9 Å². The van der Waals surface area contributed by atoms with Gasteiger partial charge in [-0.1, -0.05) is 6.42 Å². The highest BCUT2D eigenvalue weighted by atomic mass is 19.4. The lowest BCUT2D eigenvalue weighted by atomic mass is 9.83. The third kappa shape index (κ3) is 2.38. The summed E-state index contributed by atoms with van der Waals surface area (Å²) in [4.78, 5) is 0. The predicted octanol–water partition coefficient (Wildman–Crippen LogP) is 4.21. The molecule has 0 amide bonds. The molecule has 5 heteroatoms. The van der Waals surface area contributed by atoms with Gasteiger partial charge in [-0.3, -0.25) is 0 Å². The molecule has 0 radical (unpaired) electrons. The molecule has 1 aliphatic carbocycles. The summed E-state index contributed by atoms with van der Waals surface area (Å²) in [6.45, 7) is 0.599. The molecule has 1 aromatic carbocycles. The highest BCUT2D eigenvalue weighted by Gasteiger charge is 2.38. The van der Waals surface area contributed by atoms with Crippen LogP contribution in [0.4, 0.5) is 18.9 Å². The van der Waals surface area contributed by atoms with Crippen LogP contribution in [0, 0.1) is 0 Å². The quantitative estimate of drug-likeness (QED) is 0.763. The van der Waals surface area contributed by atoms with Crippen molar-refractivity contribution in [3.05, 3.63) is 23.8 Å². The lowest BCUT2D eigenvalue weighted by Crippen LogP contribution is -2.47. The highest BCUT2D eigenvalue weighted by molar-refractivity contribution is 5.60. The Bertz CT molecular complexity index is 478. The first kappa shape index (κ1) is 12.6.